The molecule has 1 heterocycles. The largest absolute Gasteiger partial charge is 0.316 e. The molecule has 0 fully saturated rings. The Bertz CT molecular complexity index is 484. The molecule has 0 aliphatic heterocycles. The van der Waals surface area contributed by atoms with Gasteiger partial charge in [-0.3, -0.25) is 4.98 Å². The molecule has 90 valence electrons. The number of hydrogen-bond acceptors (Lipinski definition) is 2. The van der Waals surface area contributed by atoms with E-state index < -0.39 is 0 Å². The zero-order valence-corrected chi connectivity index (χ0v) is 10.8. The zero-order valence-electron chi connectivity index (χ0n) is 10.8. The van der Waals surface area contributed by atoms with Crippen LogP contribution in [0.4, 0.5) is 0 Å². The maximum atomic E-state index is 4.58. The molecule has 0 radical (unpaired) electrons. The highest BCUT2D eigenvalue weighted by molar-refractivity contribution is 5.84. The summed E-state index contributed by atoms with van der Waals surface area (Å²) in [6.45, 7) is 4.46. The third kappa shape index (κ3) is 2.32. The van der Waals surface area contributed by atoms with Gasteiger partial charge in [0.1, 0.15) is 0 Å². The first-order valence-corrected chi connectivity index (χ1v) is 6.28. The van der Waals surface area contributed by atoms with Crippen LogP contribution in [0.1, 0.15) is 31.9 Å². The van der Waals surface area contributed by atoms with E-state index in [1.807, 2.05) is 13.2 Å². The van der Waals surface area contributed by atoms with Gasteiger partial charge in [0.2, 0.25) is 0 Å². The zero-order chi connectivity index (χ0) is 12.3. The number of pyridine rings is 1. The fraction of sp³-hybridized carbons (Fsp3) is 0.400. The Morgan fingerprint density at radius 2 is 2.00 bits per heavy atom. The summed E-state index contributed by atoms with van der Waals surface area (Å²) in [7, 11) is 2.02. The molecule has 0 spiro atoms. The van der Waals surface area contributed by atoms with Crippen LogP contribution < -0.4 is 5.32 Å². The minimum absolute atomic E-state index is 0.427. The molecule has 1 N–H and O–H groups in total. The lowest BCUT2D eigenvalue weighted by atomic mass is 9.92. The lowest BCUT2D eigenvalue weighted by molar-refractivity contribution is 0.468. The second kappa shape index (κ2) is 5.28. The molecule has 2 rings (SSSR count). The van der Waals surface area contributed by atoms with E-state index in [-0.39, 0.29) is 0 Å². The summed E-state index contributed by atoms with van der Waals surface area (Å²) in [5.74, 6) is 0.427. The maximum Gasteiger partial charge on any atom is 0.0525 e. The number of nitrogens with one attached hydrogen (secondary N) is 1. The molecule has 0 amide bonds. The van der Waals surface area contributed by atoms with Crippen molar-refractivity contribution in [2.24, 2.45) is 0 Å². The smallest absolute Gasteiger partial charge is 0.0525 e. The van der Waals surface area contributed by atoms with Gasteiger partial charge in [0.05, 0.1) is 5.69 Å². The third-order valence-corrected chi connectivity index (χ3v) is 3.55. The summed E-state index contributed by atoms with van der Waals surface area (Å²) < 4.78 is 0. The van der Waals surface area contributed by atoms with E-state index >= 15 is 0 Å². The van der Waals surface area contributed by atoms with Crippen molar-refractivity contribution in [3.8, 4) is 0 Å². The Morgan fingerprint density at radius 3 is 2.71 bits per heavy atom. The van der Waals surface area contributed by atoms with E-state index in [1.54, 1.807) is 0 Å². The standard InChI is InChI=1S/C15H20N2/c1-4-14(16-3)11(2)15-13-8-6-5-7-12(13)9-10-17-15/h5-11,14,16H,4H2,1-3H3. The van der Waals surface area contributed by atoms with Gasteiger partial charge in [0.15, 0.2) is 0 Å². The number of benzene rings is 1. The van der Waals surface area contributed by atoms with Gasteiger partial charge in [-0.05, 0) is 24.9 Å². The van der Waals surface area contributed by atoms with Crippen LogP contribution in [0, 0.1) is 0 Å². The van der Waals surface area contributed by atoms with Crippen molar-refractivity contribution >= 4 is 10.8 Å². The van der Waals surface area contributed by atoms with Gasteiger partial charge >= 0.3 is 0 Å². The second-order valence-electron chi connectivity index (χ2n) is 4.51. The van der Waals surface area contributed by atoms with Crippen molar-refractivity contribution in [3.05, 3.63) is 42.2 Å². The summed E-state index contributed by atoms with van der Waals surface area (Å²) in [4.78, 5) is 4.58. The lowest BCUT2D eigenvalue weighted by Crippen LogP contribution is -2.30. The highest BCUT2D eigenvalue weighted by Gasteiger charge is 2.18. The highest BCUT2D eigenvalue weighted by atomic mass is 14.9. The van der Waals surface area contributed by atoms with E-state index in [0.717, 1.165) is 6.42 Å². The Labute approximate surface area is 103 Å². The molecular weight excluding hydrogens is 208 g/mol. The first-order chi connectivity index (χ1) is 8.27. The molecule has 2 atom stereocenters. The van der Waals surface area contributed by atoms with Crippen LogP contribution in [0.5, 0.6) is 0 Å². The number of rotatable bonds is 4. The molecule has 2 unspecified atom stereocenters. The normalized spacial score (nSPS) is 14.8. The fourth-order valence-corrected chi connectivity index (χ4v) is 2.50. The van der Waals surface area contributed by atoms with Gasteiger partial charge in [-0.2, -0.15) is 0 Å². The van der Waals surface area contributed by atoms with Crippen LogP contribution in [0.25, 0.3) is 10.8 Å². The first-order valence-electron chi connectivity index (χ1n) is 6.28. The van der Waals surface area contributed by atoms with Crippen LogP contribution in [-0.4, -0.2) is 18.1 Å². The number of likely N-dealkylation sites (N-methyl/N-ethyl adjacent to an activating group) is 1. The van der Waals surface area contributed by atoms with E-state index in [0.29, 0.717) is 12.0 Å². The Hall–Kier alpha value is -1.41. The van der Waals surface area contributed by atoms with Gasteiger partial charge in [-0.1, -0.05) is 38.1 Å². The van der Waals surface area contributed by atoms with Gasteiger partial charge < -0.3 is 5.32 Å². The molecular formula is C15H20N2. The molecule has 1 aromatic carbocycles. The minimum atomic E-state index is 0.427. The highest BCUT2D eigenvalue weighted by Crippen LogP contribution is 2.26. The maximum absolute atomic E-state index is 4.58. The SMILES string of the molecule is CCC(NC)C(C)c1nccc2ccccc12. The average Bonchev–Trinajstić information content (AvgIpc) is 2.39. The molecule has 2 nitrogen and oxygen atoms in total. The molecule has 2 heteroatoms. The lowest BCUT2D eigenvalue weighted by Gasteiger charge is -2.22. The van der Waals surface area contributed by atoms with Crippen LogP contribution in [0.15, 0.2) is 36.5 Å². The predicted octanol–water partition coefficient (Wildman–Crippen LogP) is 3.34. The quantitative estimate of drug-likeness (QED) is 0.868. The summed E-state index contributed by atoms with van der Waals surface area (Å²) in [6.07, 6.45) is 3.03. The molecule has 0 saturated carbocycles. The van der Waals surface area contributed by atoms with Gasteiger partial charge in [0.25, 0.3) is 0 Å². The van der Waals surface area contributed by atoms with Crippen molar-refractivity contribution in [2.75, 3.05) is 7.05 Å². The number of fused-ring (bicyclic) bond motifs is 1. The summed E-state index contributed by atoms with van der Waals surface area (Å²) in [5, 5.41) is 5.92. The van der Waals surface area contributed by atoms with Gasteiger partial charge in [-0.25, -0.2) is 0 Å². The van der Waals surface area contributed by atoms with E-state index in [2.05, 4.69) is 54.5 Å². The molecule has 1 aromatic heterocycles. The molecule has 17 heavy (non-hydrogen) atoms. The monoisotopic (exact) mass is 228 g/mol. The van der Waals surface area contributed by atoms with Gasteiger partial charge in [0, 0.05) is 23.5 Å². The Kier molecular flexibility index (Phi) is 3.75. The van der Waals surface area contributed by atoms with Gasteiger partial charge in [-0.15, -0.1) is 0 Å². The van der Waals surface area contributed by atoms with Crippen molar-refractivity contribution in [1.29, 1.82) is 0 Å². The van der Waals surface area contributed by atoms with Crippen molar-refractivity contribution in [2.45, 2.75) is 32.2 Å². The van der Waals surface area contributed by atoms with Crippen LogP contribution in [-0.2, 0) is 0 Å². The summed E-state index contributed by atoms with van der Waals surface area (Å²) in [5.41, 5.74) is 1.20. The van der Waals surface area contributed by atoms with E-state index in [9.17, 15) is 0 Å². The third-order valence-electron chi connectivity index (χ3n) is 3.55. The van der Waals surface area contributed by atoms with Crippen LogP contribution in [0.3, 0.4) is 0 Å². The second-order valence-corrected chi connectivity index (χ2v) is 4.51. The van der Waals surface area contributed by atoms with Crippen molar-refractivity contribution < 1.29 is 0 Å². The summed E-state index contributed by atoms with van der Waals surface area (Å²) in [6, 6.07) is 11.0. The molecule has 0 aliphatic carbocycles. The topological polar surface area (TPSA) is 24.9 Å². The molecule has 0 bridgehead atoms. The minimum Gasteiger partial charge on any atom is -0.316 e. The number of nitrogens with zero attached hydrogens (tertiary/aromatic N) is 1. The Balaban J connectivity index is 2.47. The van der Waals surface area contributed by atoms with Crippen LogP contribution in [0.2, 0.25) is 0 Å². The molecule has 0 aliphatic rings. The number of hydrogen-bond donors (Lipinski definition) is 1. The average molecular weight is 228 g/mol. The first kappa shape index (κ1) is 12.1. The van der Waals surface area contributed by atoms with Crippen molar-refractivity contribution in [1.82, 2.24) is 10.3 Å². The summed E-state index contributed by atoms with van der Waals surface area (Å²) >= 11 is 0. The number of aromatic nitrogens is 1. The molecule has 0 saturated heterocycles. The van der Waals surface area contributed by atoms with Crippen molar-refractivity contribution in [3.63, 3.8) is 0 Å². The van der Waals surface area contributed by atoms with E-state index in [4.69, 9.17) is 0 Å². The van der Waals surface area contributed by atoms with E-state index in [1.165, 1.54) is 16.5 Å². The Morgan fingerprint density at radius 1 is 1.24 bits per heavy atom. The fourth-order valence-electron chi connectivity index (χ4n) is 2.50. The molecule has 2 aromatic rings. The van der Waals surface area contributed by atoms with Crippen LogP contribution >= 0.6 is 0 Å². The predicted molar refractivity (Wildman–Crippen MR) is 73.3 cm³/mol.